The molecule has 0 radical (unpaired) electrons. The van der Waals surface area contributed by atoms with Crippen molar-refractivity contribution < 1.29 is 8.78 Å². The molecule has 0 aliphatic carbocycles. The van der Waals surface area contributed by atoms with E-state index in [4.69, 9.17) is 0 Å². The summed E-state index contributed by atoms with van der Waals surface area (Å²) in [4.78, 5) is 0. The maximum absolute atomic E-state index is 13.3. The number of nitrogens with zero attached hydrogens (tertiary/aromatic N) is 2. The maximum Gasteiger partial charge on any atom is 0.151 e. The number of hydrogen-bond donors (Lipinski definition) is 0. The summed E-state index contributed by atoms with van der Waals surface area (Å²) in [6.07, 6.45) is 1.57. The fourth-order valence-corrected chi connectivity index (χ4v) is 1.27. The smallest absolute Gasteiger partial charge is 0.151 e. The van der Waals surface area contributed by atoms with Crippen LogP contribution in [0.5, 0.6) is 0 Å². The fourth-order valence-electron chi connectivity index (χ4n) is 1.27. The van der Waals surface area contributed by atoms with Crippen LogP contribution < -0.4 is 0 Å². The Morgan fingerprint density at radius 1 is 1.21 bits per heavy atom. The molecule has 0 aliphatic rings. The molecule has 2 aromatic rings. The molecule has 0 fully saturated rings. The van der Waals surface area contributed by atoms with Crippen LogP contribution in [0.2, 0.25) is 0 Å². The molecule has 0 unspecified atom stereocenters. The standard InChI is InChI=1S/C10H8F2N2/c1-7-4-5-13-14(7)10-3-2-8(11)6-9(10)12/h2-6H,1H3. The molecule has 0 aliphatic heterocycles. The first kappa shape index (κ1) is 8.87. The van der Waals surface area contributed by atoms with Crippen LogP contribution in [-0.4, -0.2) is 9.78 Å². The molecule has 0 bridgehead atoms. The summed E-state index contributed by atoms with van der Waals surface area (Å²) in [7, 11) is 0. The van der Waals surface area contributed by atoms with E-state index in [1.807, 2.05) is 0 Å². The maximum atomic E-state index is 13.3. The van der Waals surface area contributed by atoms with Gasteiger partial charge in [-0.2, -0.15) is 5.10 Å². The lowest BCUT2D eigenvalue weighted by Gasteiger charge is -2.05. The van der Waals surface area contributed by atoms with E-state index in [0.29, 0.717) is 0 Å². The zero-order chi connectivity index (χ0) is 10.1. The van der Waals surface area contributed by atoms with Gasteiger partial charge < -0.3 is 0 Å². The highest BCUT2D eigenvalue weighted by Crippen LogP contribution is 2.15. The number of aromatic nitrogens is 2. The van der Waals surface area contributed by atoms with E-state index in [-0.39, 0.29) is 5.69 Å². The van der Waals surface area contributed by atoms with Crippen molar-refractivity contribution in [2.24, 2.45) is 0 Å². The Labute approximate surface area is 79.8 Å². The molecule has 1 aromatic heterocycles. The predicted molar refractivity (Wildman–Crippen MR) is 48.2 cm³/mol. The number of rotatable bonds is 1. The van der Waals surface area contributed by atoms with Gasteiger partial charge in [0.1, 0.15) is 11.5 Å². The van der Waals surface area contributed by atoms with Crippen LogP contribution in [-0.2, 0) is 0 Å². The Kier molecular flexibility index (Phi) is 2.04. The molecule has 0 amide bonds. The summed E-state index contributed by atoms with van der Waals surface area (Å²) in [5, 5.41) is 3.93. The quantitative estimate of drug-likeness (QED) is 0.681. The van der Waals surface area contributed by atoms with Crippen LogP contribution in [0.25, 0.3) is 5.69 Å². The molecule has 0 spiro atoms. The number of hydrogen-bond acceptors (Lipinski definition) is 1. The molecule has 0 N–H and O–H groups in total. The SMILES string of the molecule is Cc1ccnn1-c1ccc(F)cc1F. The average Bonchev–Trinajstić information content (AvgIpc) is 2.52. The third-order valence-electron chi connectivity index (χ3n) is 1.97. The van der Waals surface area contributed by atoms with E-state index in [1.54, 1.807) is 19.2 Å². The van der Waals surface area contributed by atoms with E-state index < -0.39 is 11.6 Å². The van der Waals surface area contributed by atoms with E-state index in [2.05, 4.69) is 5.10 Å². The van der Waals surface area contributed by atoms with Crippen LogP contribution in [0, 0.1) is 18.6 Å². The highest BCUT2D eigenvalue weighted by molar-refractivity contribution is 5.34. The van der Waals surface area contributed by atoms with Gasteiger partial charge in [-0.3, -0.25) is 0 Å². The van der Waals surface area contributed by atoms with Crippen molar-refractivity contribution in [3.8, 4) is 5.69 Å². The van der Waals surface area contributed by atoms with Gasteiger partial charge in [-0.1, -0.05) is 0 Å². The van der Waals surface area contributed by atoms with Crippen LogP contribution in [0.15, 0.2) is 30.5 Å². The molecule has 0 atom stereocenters. The van der Waals surface area contributed by atoms with E-state index in [9.17, 15) is 8.78 Å². The third-order valence-corrected chi connectivity index (χ3v) is 1.97. The normalized spacial score (nSPS) is 10.5. The van der Waals surface area contributed by atoms with Crippen LogP contribution >= 0.6 is 0 Å². The van der Waals surface area contributed by atoms with Gasteiger partial charge in [-0.15, -0.1) is 0 Å². The topological polar surface area (TPSA) is 17.8 Å². The molecule has 1 aromatic carbocycles. The molecule has 14 heavy (non-hydrogen) atoms. The van der Waals surface area contributed by atoms with Crippen LogP contribution in [0.1, 0.15) is 5.69 Å². The van der Waals surface area contributed by atoms with Gasteiger partial charge in [-0.05, 0) is 25.1 Å². The van der Waals surface area contributed by atoms with E-state index >= 15 is 0 Å². The summed E-state index contributed by atoms with van der Waals surface area (Å²) >= 11 is 0. The molecule has 0 saturated heterocycles. The number of aryl methyl sites for hydroxylation is 1. The first-order valence-electron chi connectivity index (χ1n) is 4.14. The highest BCUT2D eigenvalue weighted by atomic mass is 19.1. The van der Waals surface area contributed by atoms with E-state index in [1.165, 1.54) is 16.8 Å². The zero-order valence-corrected chi connectivity index (χ0v) is 7.54. The molecule has 2 nitrogen and oxygen atoms in total. The highest BCUT2D eigenvalue weighted by Gasteiger charge is 2.07. The molecule has 0 saturated carbocycles. The van der Waals surface area contributed by atoms with E-state index in [0.717, 1.165) is 11.8 Å². The second kappa shape index (κ2) is 3.21. The summed E-state index contributed by atoms with van der Waals surface area (Å²) in [6.45, 7) is 1.80. The Bertz CT molecular complexity index is 463. The van der Waals surface area contributed by atoms with Gasteiger partial charge in [0.05, 0.1) is 0 Å². The largest absolute Gasteiger partial charge is 0.235 e. The number of halogens is 2. The Hall–Kier alpha value is -1.71. The second-order valence-electron chi connectivity index (χ2n) is 2.98. The van der Waals surface area contributed by atoms with Crippen molar-refractivity contribution in [1.82, 2.24) is 9.78 Å². The lowest BCUT2D eigenvalue weighted by Crippen LogP contribution is -2.01. The second-order valence-corrected chi connectivity index (χ2v) is 2.98. The van der Waals surface area contributed by atoms with Crippen molar-refractivity contribution >= 4 is 0 Å². The molecule has 1 heterocycles. The summed E-state index contributed by atoms with van der Waals surface area (Å²) in [5.41, 5.74) is 1.06. The summed E-state index contributed by atoms with van der Waals surface area (Å²) in [6, 6.07) is 5.17. The van der Waals surface area contributed by atoms with Gasteiger partial charge in [0, 0.05) is 18.0 Å². The molecular weight excluding hydrogens is 186 g/mol. The first-order chi connectivity index (χ1) is 6.68. The summed E-state index contributed by atoms with van der Waals surface area (Å²) in [5.74, 6) is -1.20. The Morgan fingerprint density at radius 2 is 2.00 bits per heavy atom. The average molecular weight is 194 g/mol. The minimum atomic E-state index is -0.614. The van der Waals surface area contributed by atoms with Gasteiger partial charge in [-0.25, -0.2) is 13.5 Å². The van der Waals surface area contributed by atoms with Crippen molar-refractivity contribution in [3.05, 3.63) is 47.8 Å². The molecule has 72 valence electrons. The van der Waals surface area contributed by atoms with Crippen LogP contribution in [0.4, 0.5) is 8.78 Å². The minimum absolute atomic E-state index is 0.258. The van der Waals surface area contributed by atoms with Gasteiger partial charge in [0.2, 0.25) is 0 Å². The lowest BCUT2D eigenvalue weighted by atomic mass is 10.3. The fraction of sp³-hybridized carbons (Fsp3) is 0.100. The summed E-state index contributed by atoms with van der Waals surface area (Å²) < 4.78 is 27.3. The Balaban J connectivity index is 2.58. The lowest BCUT2D eigenvalue weighted by molar-refractivity contribution is 0.572. The number of benzene rings is 1. The minimum Gasteiger partial charge on any atom is -0.235 e. The van der Waals surface area contributed by atoms with Gasteiger partial charge in [0.25, 0.3) is 0 Å². The van der Waals surface area contributed by atoms with Crippen molar-refractivity contribution in [3.63, 3.8) is 0 Å². The molecule has 4 heteroatoms. The molecular formula is C10H8F2N2. The van der Waals surface area contributed by atoms with Crippen molar-refractivity contribution in [1.29, 1.82) is 0 Å². The monoisotopic (exact) mass is 194 g/mol. The predicted octanol–water partition coefficient (Wildman–Crippen LogP) is 2.46. The van der Waals surface area contributed by atoms with Crippen molar-refractivity contribution in [2.75, 3.05) is 0 Å². The van der Waals surface area contributed by atoms with Crippen molar-refractivity contribution in [2.45, 2.75) is 6.92 Å². The third kappa shape index (κ3) is 1.39. The first-order valence-corrected chi connectivity index (χ1v) is 4.14. The van der Waals surface area contributed by atoms with Crippen LogP contribution in [0.3, 0.4) is 0 Å². The Morgan fingerprint density at radius 3 is 2.57 bits per heavy atom. The molecule has 2 rings (SSSR count). The zero-order valence-electron chi connectivity index (χ0n) is 7.54. The van der Waals surface area contributed by atoms with Gasteiger partial charge in [0.15, 0.2) is 5.82 Å². The van der Waals surface area contributed by atoms with Gasteiger partial charge >= 0.3 is 0 Å².